The van der Waals surface area contributed by atoms with Crippen molar-refractivity contribution in [3.63, 3.8) is 0 Å². The Bertz CT molecular complexity index is 829. The third kappa shape index (κ3) is 2.76. The van der Waals surface area contributed by atoms with Crippen LogP contribution >= 0.6 is 0 Å². The summed E-state index contributed by atoms with van der Waals surface area (Å²) in [5, 5.41) is 0.853. The quantitative estimate of drug-likeness (QED) is 0.747. The molecule has 0 aliphatic heterocycles. The molecule has 0 saturated heterocycles. The van der Waals surface area contributed by atoms with Crippen LogP contribution < -0.4 is 4.74 Å². The van der Waals surface area contributed by atoms with Gasteiger partial charge in [-0.3, -0.25) is 0 Å². The molecule has 112 valence electrons. The summed E-state index contributed by atoms with van der Waals surface area (Å²) in [4.78, 5) is 19.0. The lowest BCUT2D eigenvalue weighted by atomic mass is 10.2. The number of aromatic nitrogens is 2. The van der Waals surface area contributed by atoms with Gasteiger partial charge in [-0.25, -0.2) is 14.2 Å². The van der Waals surface area contributed by atoms with Gasteiger partial charge in [-0.15, -0.1) is 0 Å². The molecule has 0 bridgehead atoms. The summed E-state index contributed by atoms with van der Waals surface area (Å²) < 4.78 is 24.0. The van der Waals surface area contributed by atoms with Gasteiger partial charge < -0.3 is 14.5 Å². The highest BCUT2D eigenvalue weighted by Gasteiger charge is 2.15. The number of H-pyrrole nitrogens is 1. The Morgan fingerprint density at radius 1 is 1.32 bits per heavy atom. The van der Waals surface area contributed by atoms with Crippen molar-refractivity contribution in [2.75, 3.05) is 6.61 Å². The van der Waals surface area contributed by atoms with Crippen molar-refractivity contribution in [2.45, 2.75) is 6.92 Å². The van der Waals surface area contributed by atoms with Crippen LogP contribution in [-0.4, -0.2) is 22.5 Å². The number of nitrogens with zero attached hydrogens (tertiary/aromatic N) is 1. The van der Waals surface area contributed by atoms with E-state index in [1.54, 1.807) is 19.2 Å². The van der Waals surface area contributed by atoms with Gasteiger partial charge in [0.2, 0.25) is 0 Å². The zero-order valence-corrected chi connectivity index (χ0v) is 11.8. The molecule has 0 fully saturated rings. The molecular weight excluding hydrogens is 287 g/mol. The SMILES string of the molecule is CCOC(=O)c1ccc(F)cc1Oc1cnc2[nH]ccc2c1. The lowest BCUT2D eigenvalue weighted by molar-refractivity contribution is 0.0523. The highest BCUT2D eigenvalue weighted by atomic mass is 19.1. The number of hydrogen-bond acceptors (Lipinski definition) is 4. The zero-order valence-electron chi connectivity index (χ0n) is 11.8. The molecule has 0 atom stereocenters. The van der Waals surface area contributed by atoms with E-state index in [1.807, 2.05) is 6.07 Å². The van der Waals surface area contributed by atoms with Crippen LogP contribution in [0.15, 0.2) is 42.7 Å². The zero-order chi connectivity index (χ0) is 15.5. The maximum Gasteiger partial charge on any atom is 0.341 e. The lowest BCUT2D eigenvalue weighted by Gasteiger charge is -2.10. The number of ether oxygens (including phenoxy) is 2. The highest BCUT2D eigenvalue weighted by molar-refractivity contribution is 5.92. The molecule has 0 aliphatic rings. The number of benzene rings is 1. The van der Waals surface area contributed by atoms with Crippen LogP contribution in [0.3, 0.4) is 0 Å². The first-order chi connectivity index (χ1) is 10.7. The van der Waals surface area contributed by atoms with Gasteiger partial charge in [0.1, 0.15) is 28.5 Å². The standard InChI is InChI=1S/C16H13FN2O3/c1-2-21-16(20)13-4-3-11(17)8-14(13)22-12-7-10-5-6-18-15(10)19-9-12/h3-9H,2H2,1H3,(H,18,19). The fourth-order valence-corrected chi connectivity index (χ4v) is 2.06. The van der Waals surface area contributed by atoms with Crippen LogP contribution in [0.25, 0.3) is 11.0 Å². The van der Waals surface area contributed by atoms with Crippen molar-refractivity contribution >= 4 is 17.0 Å². The molecule has 3 aromatic rings. The molecule has 5 nitrogen and oxygen atoms in total. The highest BCUT2D eigenvalue weighted by Crippen LogP contribution is 2.28. The van der Waals surface area contributed by atoms with Crippen molar-refractivity contribution in [1.29, 1.82) is 0 Å². The van der Waals surface area contributed by atoms with Gasteiger partial charge in [-0.2, -0.15) is 0 Å². The average Bonchev–Trinajstić information content (AvgIpc) is 2.95. The van der Waals surface area contributed by atoms with Crippen molar-refractivity contribution in [3.8, 4) is 11.5 Å². The van der Waals surface area contributed by atoms with E-state index in [2.05, 4.69) is 9.97 Å². The number of esters is 1. The van der Waals surface area contributed by atoms with Crippen molar-refractivity contribution in [3.05, 3.63) is 54.1 Å². The smallest absolute Gasteiger partial charge is 0.341 e. The average molecular weight is 300 g/mol. The second kappa shape index (κ2) is 5.85. The summed E-state index contributed by atoms with van der Waals surface area (Å²) in [7, 11) is 0. The van der Waals surface area contributed by atoms with Crippen LogP contribution in [-0.2, 0) is 4.74 Å². The second-order valence-corrected chi connectivity index (χ2v) is 4.55. The minimum absolute atomic E-state index is 0.0927. The number of carbonyl (C=O) groups excluding carboxylic acids is 1. The molecule has 6 heteroatoms. The summed E-state index contributed by atoms with van der Waals surface area (Å²) in [6.07, 6.45) is 3.26. The van der Waals surface area contributed by atoms with Crippen LogP contribution in [0.4, 0.5) is 4.39 Å². The number of fused-ring (bicyclic) bond motifs is 1. The summed E-state index contributed by atoms with van der Waals surface area (Å²) in [6, 6.07) is 7.26. The van der Waals surface area contributed by atoms with Crippen molar-refractivity contribution < 1.29 is 18.7 Å². The molecule has 0 spiro atoms. The first-order valence-corrected chi connectivity index (χ1v) is 6.75. The first-order valence-electron chi connectivity index (χ1n) is 6.75. The topological polar surface area (TPSA) is 64.2 Å². The van der Waals surface area contributed by atoms with E-state index >= 15 is 0 Å². The van der Waals surface area contributed by atoms with Gasteiger partial charge in [0, 0.05) is 17.6 Å². The summed E-state index contributed by atoms with van der Waals surface area (Å²) in [5.74, 6) is -0.565. The number of carbonyl (C=O) groups is 1. The Hall–Kier alpha value is -2.89. The fourth-order valence-electron chi connectivity index (χ4n) is 2.06. The van der Waals surface area contributed by atoms with Crippen LogP contribution in [0.1, 0.15) is 17.3 Å². The van der Waals surface area contributed by atoms with Gasteiger partial charge >= 0.3 is 5.97 Å². The molecule has 0 unspecified atom stereocenters. The Labute approximate surface area is 125 Å². The summed E-state index contributed by atoms with van der Waals surface area (Å²) >= 11 is 0. The second-order valence-electron chi connectivity index (χ2n) is 4.55. The third-order valence-electron chi connectivity index (χ3n) is 3.04. The van der Waals surface area contributed by atoms with Gasteiger partial charge in [0.15, 0.2) is 0 Å². The number of hydrogen-bond donors (Lipinski definition) is 1. The molecule has 3 rings (SSSR count). The number of halogens is 1. The Kier molecular flexibility index (Phi) is 3.74. The Morgan fingerprint density at radius 3 is 3.00 bits per heavy atom. The molecule has 2 aromatic heterocycles. The largest absolute Gasteiger partial charge is 0.462 e. The van der Waals surface area contributed by atoms with Crippen LogP contribution in [0.5, 0.6) is 11.5 Å². The molecule has 22 heavy (non-hydrogen) atoms. The summed E-state index contributed by atoms with van der Waals surface area (Å²) in [6.45, 7) is 1.93. The maximum absolute atomic E-state index is 13.4. The van der Waals surface area contributed by atoms with Crippen molar-refractivity contribution in [2.24, 2.45) is 0 Å². The van der Waals surface area contributed by atoms with Crippen molar-refractivity contribution in [1.82, 2.24) is 9.97 Å². The van der Waals surface area contributed by atoms with Gasteiger partial charge in [0.05, 0.1) is 12.8 Å². The van der Waals surface area contributed by atoms with E-state index in [4.69, 9.17) is 9.47 Å². The Morgan fingerprint density at radius 2 is 2.18 bits per heavy atom. The predicted octanol–water partition coefficient (Wildman–Crippen LogP) is 3.67. The maximum atomic E-state index is 13.4. The first kappa shape index (κ1) is 14.1. The molecule has 1 N–H and O–H groups in total. The fraction of sp³-hybridized carbons (Fsp3) is 0.125. The van der Waals surface area contributed by atoms with E-state index in [-0.39, 0.29) is 17.9 Å². The molecule has 2 heterocycles. The molecular formula is C16H13FN2O3. The normalized spacial score (nSPS) is 10.6. The monoisotopic (exact) mass is 300 g/mol. The van der Waals surface area contributed by atoms with Gasteiger partial charge in [0.25, 0.3) is 0 Å². The van der Waals surface area contributed by atoms with E-state index in [0.717, 1.165) is 17.1 Å². The minimum atomic E-state index is -0.562. The van der Waals surface area contributed by atoms with Crippen LogP contribution in [0, 0.1) is 5.82 Å². The number of rotatable bonds is 4. The van der Waals surface area contributed by atoms with Crippen LogP contribution in [0.2, 0.25) is 0 Å². The molecule has 1 aromatic carbocycles. The third-order valence-corrected chi connectivity index (χ3v) is 3.04. The number of nitrogens with one attached hydrogen (secondary N) is 1. The molecule has 0 aliphatic carbocycles. The predicted molar refractivity (Wildman–Crippen MR) is 78.5 cm³/mol. The molecule has 0 radical (unpaired) electrons. The van der Waals surface area contributed by atoms with E-state index in [1.165, 1.54) is 18.3 Å². The van der Waals surface area contributed by atoms with E-state index < -0.39 is 11.8 Å². The number of aromatic amines is 1. The Balaban J connectivity index is 1.96. The van der Waals surface area contributed by atoms with E-state index in [0.29, 0.717) is 5.75 Å². The lowest BCUT2D eigenvalue weighted by Crippen LogP contribution is -2.06. The number of pyridine rings is 1. The minimum Gasteiger partial charge on any atom is -0.462 e. The summed E-state index contributed by atoms with van der Waals surface area (Å²) in [5.41, 5.74) is 0.884. The molecule has 0 amide bonds. The van der Waals surface area contributed by atoms with Gasteiger partial charge in [-0.05, 0) is 31.2 Å². The van der Waals surface area contributed by atoms with E-state index in [9.17, 15) is 9.18 Å². The molecule has 0 saturated carbocycles. The van der Waals surface area contributed by atoms with Gasteiger partial charge in [-0.1, -0.05) is 0 Å².